The van der Waals surface area contributed by atoms with Crippen molar-refractivity contribution in [3.05, 3.63) is 30.1 Å². The van der Waals surface area contributed by atoms with E-state index in [1.165, 1.54) is 12.8 Å². The number of aliphatic hydroxyl groups is 1. The molecule has 1 aromatic heterocycles. The van der Waals surface area contributed by atoms with Crippen molar-refractivity contribution in [1.29, 1.82) is 0 Å². The van der Waals surface area contributed by atoms with Crippen LogP contribution in [0, 0.1) is 0 Å². The van der Waals surface area contributed by atoms with Crippen molar-refractivity contribution >= 4 is 0 Å². The van der Waals surface area contributed by atoms with Crippen LogP contribution < -0.4 is 5.73 Å². The Labute approximate surface area is 108 Å². The maximum Gasteiger partial charge on any atom is 0.0869 e. The summed E-state index contributed by atoms with van der Waals surface area (Å²) in [6.45, 7) is 0. The Morgan fingerprint density at radius 1 is 1.44 bits per heavy atom. The molecular weight excluding hydrogens is 226 g/mol. The predicted molar refractivity (Wildman–Crippen MR) is 69.9 cm³/mol. The molecule has 1 aromatic rings. The lowest BCUT2D eigenvalue weighted by molar-refractivity contribution is -0.0630. The first-order chi connectivity index (χ1) is 8.60. The van der Waals surface area contributed by atoms with Gasteiger partial charge in [-0.15, -0.1) is 0 Å². The number of pyridine rings is 1. The molecule has 3 heterocycles. The Morgan fingerprint density at radius 2 is 2.11 bits per heavy atom. The van der Waals surface area contributed by atoms with E-state index in [4.69, 9.17) is 5.73 Å². The Bertz CT molecular complexity index is 408. The summed E-state index contributed by atoms with van der Waals surface area (Å²) in [5.41, 5.74) is 6.45. The second-order valence-corrected chi connectivity index (χ2v) is 5.83. The molecule has 98 valence electrons. The second kappa shape index (κ2) is 4.30. The highest BCUT2D eigenvalue weighted by Gasteiger charge is 2.49. The van der Waals surface area contributed by atoms with E-state index in [9.17, 15) is 5.11 Å². The highest BCUT2D eigenvalue weighted by molar-refractivity contribution is 5.20. The van der Waals surface area contributed by atoms with Gasteiger partial charge in [0.2, 0.25) is 0 Å². The lowest BCUT2D eigenvalue weighted by Crippen LogP contribution is -2.54. The number of fused-ring (bicyclic) bond motifs is 2. The molecule has 4 heteroatoms. The van der Waals surface area contributed by atoms with Gasteiger partial charge >= 0.3 is 0 Å². The smallest absolute Gasteiger partial charge is 0.0869 e. The molecule has 0 aromatic carbocycles. The third-order valence-corrected chi connectivity index (χ3v) is 4.79. The number of aromatic nitrogens is 1. The first-order valence-corrected chi connectivity index (χ1v) is 6.70. The molecular formula is C14H21N3O. The zero-order chi connectivity index (χ0) is 12.8. The molecule has 2 aliphatic rings. The Kier molecular flexibility index (Phi) is 2.88. The highest BCUT2D eigenvalue weighted by Crippen LogP contribution is 2.44. The minimum absolute atomic E-state index is 0.331. The van der Waals surface area contributed by atoms with Crippen molar-refractivity contribution < 1.29 is 5.11 Å². The number of rotatable bonds is 2. The maximum atomic E-state index is 10.9. The minimum Gasteiger partial charge on any atom is -0.388 e. The molecule has 2 saturated heterocycles. The molecule has 3 rings (SSSR count). The van der Waals surface area contributed by atoms with Crippen LogP contribution in [0.3, 0.4) is 0 Å². The zero-order valence-corrected chi connectivity index (χ0v) is 10.8. The van der Waals surface area contributed by atoms with Crippen LogP contribution in [0.15, 0.2) is 24.5 Å². The molecule has 18 heavy (non-hydrogen) atoms. The average molecular weight is 247 g/mol. The fraction of sp³-hybridized carbons (Fsp3) is 0.643. The van der Waals surface area contributed by atoms with Crippen molar-refractivity contribution in [3.8, 4) is 0 Å². The summed E-state index contributed by atoms with van der Waals surface area (Å²) in [6, 6.07) is 4.47. The van der Waals surface area contributed by atoms with Crippen LogP contribution in [0.25, 0.3) is 0 Å². The first-order valence-electron chi connectivity index (χ1n) is 6.70. The van der Waals surface area contributed by atoms with Crippen LogP contribution in [0.4, 0.5) is 0 Å². The van der Waals surface area contributed by atoms with Crippen molar-refractivity contribution in [2.24, 2.45) is 5.73 Å². The van der Waals surface area contributed by atoms with Gasteiger partial charge in [-0.3, -0.25) is 4.98 Å². The van der Waals surface area contributed by atoms with Gasteiger partial charge in [-0.05, 0) is 44.4 Å². The Balaban J connectivity index is 1.84. The fourth-order valence-corrected chi connectivity index (χ4v) is 3.61. The van der Waals surface area contributed by atoms with Crippen molar-refractivity contribution in [2.75, 3.05) is 7.05 Å². The van der Waals surface area contributed by atoms with Gasteiger partial charge < -0.3 is 15.7 Å². The predicted octanol–water partition coefficient (Wildman–Crippen LogP) is 1.07. The molecule has 2 aliphatic heterocycles. The quantitative estimate of drug-likeness (QED) is 0.820. The zero-order valence-electron chi connectivity index (χ0n) is 10.8. The topological polar surface area (TPSA) is 62.4 Å². The number of piperidine rings is 1. The molecule has 2 bridgehead atoms. The van der Waals surface area contributed by atoms with Crippen LogP contribution in [0.5, 0.6) is 0 Å². The molecule has 3 unspecified atom stereocenters. The van der Waals surface area contributed by atoms with Gasteiger partial charge in [-0.1, -0.05) is 6.07 Å². The van der Waals surface area contributed by atoms with Gasteiger partial charge in [-0.25, -0.2) is 0 Å². The first kappa shape index (κ1) is 12.1. The van der Waals surface area contributed by atoms with Crippen LogP contribution >= 0.6 is 0 Å². The van der Waals surface area contributed by atoms with Crippen molar-refractivity contribution in [2.45, 2.75) is 49.4 Å². The normalized spacial score (nSPS) is 37.7. The molecule has 0 aliphatic carbocycles. The summed E-state index contributed by atoms with van der Waals surface area (Å²) >= 11 is 0. The number of nitrogens with two attached hydrogens (primary N) is 1. The Morgan fingerprint density at radius 3 is 2.67 bits per heavy atom. The Hall–Kier alpha value is -0.970. The monoisotopic (exact) mass is 247 g/mol. The third-order valence-electron chi connectivity index (χ3n) is 4.79. The van der Waals surface area contributed by atoms with Gasteiger partial charge in [0.15, 0.2) is 0 Å². The molecule has 0 radical (unpaired) electrons. The van der Waals surface area contributed by atoms with Gasteiger partial charge in [0.1, 0.15) is 0 Å². The van der Waals surface area contributed by atoms with Gasteiger partial charge in [-0.2, -0.15) is 0 Å². The fourth-order valence-electron chi connectivity index (χ4n) is 3.61. The number of hydrogen-bond acceptors (Lipinski definition) is 4. The highest BCUT2D eigenvalue weighted by atomic mass is 16.3. The van der Waals surface area contributed by atoms with Crippen molar-refractivity contribution in [1.82, 2.24) is 9.88 Å². The van der Waals surface area contributed by atoms with E-state index in [1.54, 1.807) is 12.4 Å². The molecule has 0 amide bonds. The molecule has 0 saturated carbocycles. The summed E-state index contributed by atoms with van der Waals surface area (Å²) in [5.74, 6) is 0. The summed E-state index contributed by atoms with van der Waals surface area (Å²) in [5, 5.41) is 10.9. The third kappa shape index (κ3) is 1.85. The van der Waals surface area contributed by atoms with E-state index in [-0.39, 0.29) is 6.04 Å². The summed E-state index contributed by atoms with van der Waals surface area (Å²) in [6.07, 6.45) is 7.42. The standard InChI is InChI=1S/C14H21N3O/c1-17-11-4-5-12(17)8-14(18,7-11)13(15)10-3-2-6-16-9-10/h2-3,6,9,11-13,18H,4-5,7-8,15H2,1H3. The van der Waals surface area contributed by atoms with E-state index in [0.29, 0.717) is 12.1 Å². The van der Waals surface area contributed by atoms with E-state index < -0.39 is 5.60 Å². The molecule has 3 N–H and O–H groups in total. The largest absolute Gasteiger partial charge is 0.388 e. The van der Waals surface area contributed by atoms with Gasteiger partial charge in [0.05, 0.1) is 11.6 Å². The summed E-state index contributed by atoms with van der Waals surface area (Å²) < 4.78 is 0. The van der Waals surface area contributed by atoms with Crippen LogP contribution in [-0.2, 0) is 0 Å². The number of nitrogens with zero attached hydrogens (tertiary/aromatic N) is 2. The van der Waals surface area contributed by atoms with E-state index in [0.717, 1.165) is 18.4 Å². The van der Waals surface area contributed by atoms with Crippen molar-refractivity contribution in [3.63, 3.8) is 0 Å². The van der Waals surface area contributed by atoms with E-state index >= 15 is 0 Å². The van der Waals surface area contributed by atoms with Crippen LogP contribution in [-0.4, -0.2) is 39.7 Å². The van der Waals surface area contributed by atoms with Gasteiger partial charge in [0, 0.05) is 24.5 Å². The van der Waals surface area contributed by atoms with Gasteiger partial charge in [0.25, 0.3) is 0 Å². The molecule has 0 spiro atoms. The summed E-state index contributed by atoms with van der Waals surface area (Å²) in [4.78, 5) is 6.51. The van der Waals surface area contributed by atoms with E-state index in [1.807, 2.05) is 12.1 Å². The van der Waals surface area contributed by atoms with Crippen LogP contribution in [0.1, 0.15) is 37.3 Å². The SMILES string of the molecule is CN1C2CCC1CC(O)(C(N)c1cccnc1)C2. The maximum absolute atomic E-state index is 10.9. The lowest BCUT2D eigenvalue weighted by Gasteiger charge is -2.45. The lowest BCUT2D eigenvalue weighted by atomic mass is 9.78. The van der Waals surface area contributed by atoms with Crippen LogP contribution in [0.2, 0.25) is 0 Å². The molecule has 3 atom stereocenters. The second-order valence-electron chi connectivity index (χ2n) is 5.83. The number of hydrogen-bond donors (Lipinski definition) is 2. The molecule has 4 nitrogen and oxygen atoms in total. The average Bonchev–Trinajstić information content (AvgIpc) is 2.63. The molecule has 2 fully saturated rings. The van der Waals surface area contributed by atoms with E-state index in [2.05, 4.69) is 16.9 Å². The minimum atomic E-state index is -0.776. The summed E-state index contributed by atoms with van der Waals surface area (Å²) in [7, 11) is 2.16.